The highest BCUT2D eigenvalue weighted by molar-refractivity contribution is 9.10. The summed E-state index contributed by atoms with van der Waals surface area (Å²) in [7, 11) is 1.68. The van der Waals surface area contributed by atoms with Crippen molar-refractivity contribution in [2.24, 2.45) is 5.41 Å². The first kappa shape index (κ1) is 16.0. The number of halogens is 1. The zero-order chi connectivity index (χ0) is 15.5. The summed E-state index contributed by atoms with van der Waals surface area (Å²) in [5.41, 5.74) is -0.365. The Kier molecular flexibility index (Phi) is 5.03. The number of anilines is 2. The fraction of sp³-hybridized carbons (Fsp3) is 0.643. The number of carbonyl (C=O) groups is 1. The van der Waals surface area contributed by atoms with Crippen LogP contribution in [0.2, 0.25) is 0 Å². The molecule has 1 fully saturated rings. The zero-order valence-corrected chi connectivity index (χ0v) is 14.3. The lowest BCUT2D eigenvalue weighted by Gasteiger charge is -2.24. The molecule has 0 spiro atoms. The first-order valence-corrected chi connectivity index (χ1v) is 8.03. The van der Waals surface area contributed by atoms with Crippen molar-refractivity contribution < 1.29 is 4.79 Å². The smallest absolute Gasteiger partial charge is 0.227 e. The maximum atomic E-state index is 12.0. The molecule has 0 bridgehead atoms. The molecule has 1 aromatic heterocycles. The van der Waals surface area contributed by atoms with Gasteiger partial charge in [-0.1, -0.05) is 6.92 Å². The Bertz CT molecular complexity index is 524. The number of hydrogen-bond donors (Lipinski definition) is 2. The van der Waals surface area contributed by atoms with E-state index >= 15 is 0 Å². The molecule has 0 saturated carbocycles. The summed E-state index contributed by atoms with van der Waals surface area (Å²) in [6, 6.07) is 0. The van der Waals surface area contributed by atoms with E-state index in [0.717, 1.165) is 36.2 Å². The molecule has 1 aromatic rings. The first-order chi connectivity index (χ1) is 10.00. The molecule has 1 amide bonds. The molecule has 7 heteroatoms. The third-order valence-corrected chi connectivity index (χ3v) is 4.37. The van der Waals surface area contributed by atoms with Crippen molar-refractivity contribution in [3.05, 3.63) is 10.7 Å². The van der Waals surface area contributed by atoms with Crippen molar-refractivity contribution in [3.63, 3.8) is 0 Å². The van der Waals surface area contributed by atoms with Crippen LogP contribution in [0.3, 0.4) is 0 Å². The number of nitrogens with one attached hydrogen (secondary N) is 2. The van der Waals surface area contributed by atoms with Gasteiger partial charge in [-0.2, -0.15) is 4.98 Å². The maximum Gasteiger partial charge on any atom is 0.227 e. The van der Waals surface area contributed by atoms with Crippen LogP contribution in [0, 0.1) is 5.41 Å². The molecule has 0 aromatic carbocycles. The topological polar surface area (TPSA) is 70.2 Å². The molecule has 116 valence electrons. The third-order valence-electron chi connectivity index (χ3n) is 3.81. The minimum absolute atomic E-state index is 0.0829. The molecule has 2 heterocycles. The molecule has 1 unspecified atom stereocenters. The van der Waals surface area contributed by atoms with Crippen molar-refractivity contribution in [1.82, 2.24) is 15.3 Å². The molecule has 2 rings (SSSR count). The first-order valence-electron chi connectivity index (χ1n) is 7.23. The number of hydrogen-bond acceptors (Lipinski definition) is 5. The standard InChI is InChI=1S/C14H22BrN5O/c1-4-6-17-13-18-8-10(15)11(19-13)20-7-5-14(2,9-20)12(21)16-3/h8H,4-7,9H2,1-3H3,(H,16,21)(H,17,18,19). The van der Waals surface area contributed by atoms with E-state index in [0.29, 0.717) is 12.5 Å². The van der Waals surface area contributed by atoms with E-state index in [2.05, 4.69) is 48.4 Å². The lowest BCUT2D eigenvalue weighted by atomic mass is 9.89. The summed E-state index contributed by atoms with van der Waals surface area (Å²) in [5.74, 6) is 1.55. The predicted molar refractivity (Wildman–Crippen MR) is 87.5 cm³/mol. The monoisotopic (exact) mass is 355 g/mol. The van der Waals surface area contributed by atoms with E-state index < -0.39 is 0 Å². The number of amides is 1. The van der Waals surface area contributed by atoms with Crippen molar-refractivity contribution in [1.29, 1.82) is 0 Å². The second-order valence-corrected chi connectivity index (χ2v) is 6.46. The highest BCUT2D eigenvalue weighted by Gasteiger charge is 2.40. The Morgan fingerprint density at radius 3 is 3.00 bits per heavy atom. The summed E-state index contributed by atoms with van der Waals surface area (Å²) >= 11 is 3.51. The minimum Gasteiger partial charge on any atom is -0.359 e. The van der Waals surface area contributed by atoms with Crippen molar-refractivity contribution in [3.8, 4) is 0 Å². The van der Waals surface area contributed by atoms with E-state index in [1.165, 1.54) is 0 Å². The number of nitrogens with zero attached hydrogens (tertiary/aromatic N) is 3. The molecule has 2 N–H and O–H groups in total. The normalized spacial score (nSPS) is 21.4. The van der Waals surface area contributed by atoms with Crippen LogP contribution < -0.4 is 15.5 Å². The van der Waals surface area contributed by atoms with Gasteiger partial charge in [0.25, 0.3) is 0 Å². The van der Waals surface area contributed by atoms with Crippen molar-refractivity contribution in [2.75, 3.05) is 36.9 Å². The van der Waals surface area contributed by atoms with E-state index in [-0.39, 0.29) is 11.3 Å². The van der Waals surface area contributed by atoms with Crippen LogP contribution in [0.1, 0.15) is 26.7 Å². The van der Waals surface area contributed by atoms with Gasteiger partial charge in [-0.25, -0.2) is 4.98 Å². The van der Waals surface area contributed by atoms with Gasteiger partial charge in [0.05, 0.1) is 9.89 Å². The maximum absolute atomic E-state index is 12.0. The summed E-state index contributed by atoms with van der Waals surface area (Å²) in [4.78, 5) is 23.0. The van der Waals surface area contributed by atoms with Gasteiger partial charge in [0, 0.05) is 32.9 Å². The molecule has 0 radical (unpaired) electrons. The molecule has 1 aliphatic rings. The Labute approximate surface area is 133 Å². The summed E-state index contributed by atoms with van der Waals surface area (Å²) < 4.78 is 0.853. The summed E-state index contributed by atoms with van der Waals surface area (Å²) in [5, 5.41) is 5.94. The van der Waals surface area contributed by atoms with Crippen molar-refractivity contribution >= 4 is 33.6 Å². The minimum atomic E-state index is -0.365. The summed E-state index contributed by atoms with van der Waals surface area (Å²) in [6.07, 6.45) is 3.60. The third kappa shape index (κ3) is 3.45. The van der Waals surface area contributed by atoms with Gasteiger partial charge >= 0.3 is 0 Å². The second kappa shape index (κ2) is 6.60. The number of carbonyl (C=O) groups excluding carboxylic acids is 1. The quantitative estimate of drug-likeness (QED) is 0.845. The Morgan fingerprint density at radius 1 is 1.57 bits per heavy atom. The van der Waals surface area contributed by atoms with Crippen LogP contribution in [0.4, 0.5) is 11.8 Å². The molecule has 6 nitrogen and oxygen atoms in total. The van der Waals surface area contributed by atoms with E-state index in [9.17, 15) is 4.79 Å². The lowest BCUT2D eigenvalue weighted by Crippen LogP contribution is -2.39. The molecule has 1 aliphatic heterocycles. The molecule has 21 heavy (non-hydrogen) atoms. The van der Waals surface area contributed by atoms with Gasteiger partial charge in [0.15, 0.2) is 0 Å². The fourth-order valence-electron chi connectivity index (χ4n) is 2.53. The molecular weight excluding hydrogens is 334 g/mol. The summed E-state index contributed by atoms with van der Waals surface area (Å²) in [6.45, 7) is 6.42. The van der Waals surface area contributed by atoms with Crippen LogP contribution in [-0.2, 0) is 4.79 Å². The number of rotatable bonds is 5. The van der Waals surface area contributed by atoms with E-state index in [1.807, 2.05) is 6.92 Å². The van der Waals surface area contributed by atoms with Crippen LogP contribution in [0.15, 0.2) is 10.7 Å². The highest BCUT2D eigenvalue weighted by Crippen LogP contribution is 2.35. The predicted octanol–water partition coefficient (Wildman–Crippen LogP) is 2.02. The average molecular weight is 356 g/mol. The van der Waals surface area contributed by atoms with Crippen LogP contribution in [-0.4, -0.2) is 42.6 Å². The lowest BCUT2D eigenvalue weighted by molar-refractivity contribution is -0.128. The van der Waals surface area contributed by atoms with Gasteiger partial charge in [0.1, 0.15) is 5.82 Å². The van der Waals surface area contributed by atoms with Crippen molar-refractivity contribution in [2.45, 2.75) is 26.7 Å². The molecule has 0 aliphatic carbocycles. The second-order valence-electron chi connectivity index (χ2n) is 5.60. The molecule has 1 atom stereocenters. The van der Waals surface area contributed by atoms with Crippen LogP contribution in [0.5, 0.6) is 0 Å². The van der Waals surface area contributed by atoms with Gasteiger partial charge in [0.2, 0.25) is 11.9 Å². The molecule has 1 saturated heterocycles. The van der Waals surface area contributed by atoms with E-state index in [4.69, 9.17) is 0 Å². The Hall–Kier alpha value is -1.37. The fourth-order valence-corrected chi connectivity index (χ4v) is 2.97. The van der Waals surface area contributed by atoms with Crippen LogP contribution >= 0.6 is 15.9 Å². The van der Waals surface area contributed by atoms with Gasteiger partial charge in [-0.3, -0.25) is 4.79 Å². The van der Waals surface area contributed by atoms with Gasteiger partial charge in [-0.05, 0) is 35.7 Å². The SMILES string of the molecule is CCCNc1ncc(Br)c(N2CCC(C)(C(=O)NC)C2)n1. The zero-order valence-electron chi connectivity index (χ0n) is 12.7. The Morgan fingerprint density at radius 2 is 2.33 bits per heavy atom. The highest BCUT2D eigenvalue weighted by atomic mass is 79.9. The Balaban J connectivity index is 2.17. The largest absolute Gasteiger partial charge is 0.359 e. The van der Waals surface area contributed by atoms with Gasteiger partial charge < -0.3 is 15.5 Å². The van der Waals surface area contributed by atoms with Crippen LogP contribution in [0.25, 0.3) is 0 Å². The van der Waals surface area contributed by atoms with E-state index in [1.54, 1.807) is 13.2 Å². The number of aromatic nitrogens is 2. The van der Waals surface area contributed by atoms with Gasteiger partial charge in [-0.15, -0.1) is 0 Å². The molecular formula is C14H22BrN5O. The average Bonchev–Trinajstić information content (AvgIpc) is 2.89.